The van der Waals surface area contributed by atoms with E-state index in [2.05, 4.69) is 85.6 Å². The molecule has 0 N–H and O–H groups in total. The maximum atomic E-state index is 4.67. The van der Waals surface area contributed by atoms with Gasteiger partial charge in [0.15, 0.2) is 0 Å². The van der Waals surface area contributed by atoms with Crippen LogP contribution in [-0.4, -0.2) is 4.98 Å². The number of hydrogen-bond acceptors (Lipinski definition) is 1. The van der Waals surface area contributed by atoms with Crippen LogP contribution >= 0.6 is 0 Å². The van der Waals surface area contributed by atoms with E-state index in [9.17, 15) is 0 Å². The summed E-state index contributed by atoms with van der Waals surface area (Å²) in [5.41, 5.74) is 5.81. The van der Waals surface area contributed by atoms with E-state index in [-0.39, 0.29) is 0 Å². The highest BCUT2D eigenvalue weighted by Gasteiger charge is 1.97. The van der Waals surface area contributed by atoms with Gasteiger partial charge in [-0.2, -0.15) is 0 Å². The van der Waals surface area contributed by atoms with Crippen LogP contribution in [0, 0.1) is 13.8 Å². The minimum atomic E-state index is 0.990. The molecule has 1 aromatic heterocycles. The first-order valence-corrected chi connectivity index (χ1v) is 6.83. The average Bonchev–Trinajstić information content (AvgIpc) is 2.46. The van der Waals surface area contributed by atoms with Crippen LogP contribution in [-0.2, 0) is 0 Å². The van der Waals surface area contributed by atoms with Crippen LogP contribution in [0.15, 0.2) is 54.6 Å². The Kier molecular flexibility index (Phi) is 3.34. The molecule has 0 unspecified atom stereocenters. The van der Waals surface area contributed by atoms with Gasteiger partial charge in [0.1, 0.15) is 0 Å². The van der Waals surface area contributed by atoms with Crippen molar-refractivity contribution >= 4 is 23.1 Å². The number of hydrogen-bond donors (Lipinski definition) is 0. The molecule has 0 aliphatic carbocycles. The predicted octanol–water partition coefficient (Wildman–Crippen LogP) is 5.02. The average molecular weight is 259 g/mol. The highest BCUT2D eigenvalue weighted by molar-refractivity contribution is 5.81. The van der Waals surface area contributed by atoms with E-state index in [1.165, 1.54) is 22.1 Å². The zero-order valence-electron chi connectivity index (χ0n) is 11.8. The van der Waals surface area contributed by atoms with Crippen molar-refractivity contribution in [3.05, 3.63) is 77.0 Å². The Hall–Kier alpha value is -2.41. The van der Waals surface area contributed by atoms with Gasteiger partial charge >= 0.3 is 0 Å². The summed E-state index contributed by atoms with van der Waals surface area (Å²) in [6, 6.07) is 18.9. The normalized spacial score (nSPS) is 11.3. The number of aromatic nitrogens is 1. The van der Waals surface area contributed by atoms with Gasteiger partial charge in [0.2, 0.25) is 0 Å². The molecule has 20 heavy (non-hydrogen) atoms. The lowest BCUT2D eigenvalue weighted by atomic mass is 10.1. The number of nitrogens with zero attached hydrogens (tertiary/aromatic N) is 1. The monoisotopic (exact) mass is 259 g/mol. The van der Waals surface area contributed by atoms with Gasteiger partial charge < -0.3 is 0 Å². The van der Waals surface area contributed by atoms with Crippen molar-refractivity contribution in [1.29, 1.82) is 0 Å². The van der Waals surface area contributed by atoms with Crippen molar-refractivity contribution in [2.75, 3.05) is 0 Å². The first kappa shape index (κ1) is 12.6. The van der Waals surface area contributed by atoms with E-state index in [1.54, 1.807) is 0 Å². The molecule has 3 rings (SSSR count). The maximum absolute atomic E-state index is 4.67. The molecule has 98 valence electrons. The number of aryl methyl sites for hydroxylation is 2. The fourth-order valence-electron chi connectivity index (χ4n) is 2.30. The van der Waals surface area contributed by atoms with Gasteiger partial charge in [-0.25, -0.2) is 4.98 Å². The van der Waals surface area contributed by atoms with Crippen LogP contribution in [0.5, 0.6) is 0 Å². The third-order valence-corrected chi connectivity index (χ3v) is 3.49. The largest absolute Gasteiger partial charge is 0.248 e. The minimum absolute atomic E-state index is 0.990. The van der Waals surface area contributed by atoms with E-state index in [1.807, 2.05) is 0 Å². The van der Waals surface area contributed by atoms with Crippen LogP contribution in [0.2, 0.25) is 0 Å². The summed E-state index contributed by atoms with van der Waals surface area (Å²) in [5.74, 6) is 0. The number of fused-ring (bicyclic) bond motifs is 1. The minimum Gasteiger partial charge on any atom is -0.248 e. The summed E-state index contributed by atoms with van der Waals surface area (Å²) >= 11 is 0. The molecule has 0 bridgehead atoms. The first-order chi connectivity index (χ1) is 9.72. The Labute approximate surface area is 119 Å². The van der Waals surface area contributed by atoms with Crippen LogP contribution in [0.1, 0.15) is 22.4 Å². The summed E-state index contributed by atoms with van der Waals surface area (Å²) < 4.78 is 0. The van der Waals surface area contributed by atoms with Gasteiger partial charge in [0, 0.05) is 5.39 Å². The molecule has 0 atom stereocenters. The molecule has 0 fully saturated rings. The molecule has 0 saturated carbocycles. The molecule has 0 radical (unpaired) electrons. The Bertz CT molecular complexity index is 785. The van der Waals surface area contributed by atoms with Gasteiger partial charge in [-0.3, -0.25) is 0 Å². The molecule has 1 heterocycles. The van der Waals surface area contributed by atoms with Crippen LogP contribution in [0.4, 0.5) is 0 Å². The number of benzene rings is 2. The molecular weight excluding hydrogens is 242 g/mol. The quantitative estimate of drug-likeness (QED) is 0.629. The summed E-state index contributed by atoms with van der Waals surface area (Å²) in [5, 5.41) is 1.19. The summed E-state index contributed by atoms with van der Waals surface area (Å²) in [6.07, 6.45) is 4.19. The standard InChI is InChI=1S/C19H17N/c1-14-7-12-19-17(13-14)9-11-18(20-19)10-8-16-6-4-3-5-15(16)2/h3-13H,1-2H3/b10-8+. The third kappa shape index (κ3) is 2.62. The van der Waals surface area contributed by atoms with Gasteiger partial charge in [-0.05, 0) is 49.2 Å². The third-order valence-electron chi connectivity index (χ3n) is 3.49. The second-order valence-corrected chi connectivity index (χ2v) is 5.12. The Morgan fingerprint density at radius 1 is 0.850 bits per heavy atom. The Morgan fingerprint density at radius 2 is 1.70 bits per heavy atom. The van der Waals surface area contributed by atoms with Gasteiger partial charge in [0.05, 0.1) is 11.2 Å². The second-order valence-electron chi connectivity index (χ2n) is 5.12. The highest BCUT2D eigenvalue weighted by atomic mass is 14.7. The van der Waals surface area contributed by atoms with Crippen LogP contribution < -0.4 is 0 Å². The molecular formula is C19H17N. The van der Waals surface area contributed by atoms with Gasteiger partial charge in [-0.15, -0.1) is 0 Å². The topological polar surface area (TPSA) is 12.9 Å². The Morgan fingerprint density at radius 3 is 2.55 bits per heavy atom. The number of rotatable bonds is 2. The molecule has 1 nitrogen and oxygen atoms in total. The highest BCUT2D eigenvalue weighted by Crippen LogP contribution is 2.16. The van der Waals surface area contributed by atoms with Gasteiger partial charge in [-0.1, -0.05) is 48.0 Å². The van der Waals surface area contributed by atoms with Crippen LogP contribution in [0.25, 0.3) is 23.1 Å². The predicted molar refractivity (Wildman–Crippen MR) is 86.6 cm³/mol. The summed E-state index contributed by atoms with van der Waals surface area (Å²) in [7, 11) is 0. The molecule has 0 amide bonds. The van der Waals surface area contributed by atoms with Gasteiger partial charge in [0.25, 0.3) is 0 Å². The first-order valence-electron chi connectivity index (χ1n) is 6.83. The summed E-state index contributed by atoms with van der Waals surface area (Å²) in [4.78, 5) is 4.67. The van der Waals surface area contributed by atoms with Crippen molar-refractivity contribution in [1.82, 2.24) is 4.98 Å². The van der Waals surface area contributed by atoms with E-state index in [4.69, 9.17) is 0 Å². The zero-order chi connectivity index (χ0) is 13.9. The van der Waals surface area contributed by atoms with E-state index in [0.717, 1.165) is 11.2 Å². The molecule has 0 aliphatic rings. The van der Waals surface area contributed by atoms with Crippen molar-refractivity contribution < 1.29 is 0 Å². The van der Waals surface area contributed by atoms with Crippen molar-refractivity contribution in [2.24, 2.45) is 0 Å². The number of pyridine rings is 1. The zero-order valence-corrected chi connectivity index (χ0v) is 11.8. The second kappa shape index (κ2) is 5.30. The van der Waals surface area contributed by atoms with Crippen molar-refractivity contribution in [2.45, 2.75) is 13.8 Å². The summed E-state index contributed by atoms with van der Waals surface area (Å²) in [6.45, 7) is 4.22. The molecule has 0 aliphatic heterocycles. The van der Waals surface area contributed by atoms with E-state index >= 15 is 0 Å². The molecule has 2 aromatic carbocycles. The molecule has 0 spiro atoms. The molecule has 0 saturated heterocycles. The SMILES string of the molecule is Cc1ccc2nc(/C=C/c3ccccc3C)ccc2c1. The lowest BCUT2D eigenvalue weighted by Gasteiger charge is -2.01. The Balaban J connectivity index is 1.95. The van der Waals surface area contributed by atoms with E-state index < -0.39 is 0 Å². The smallest absolute Gasteiger partial charge is 0.0709 e. The fraction of sp³-hybridized carbons (Fsp3) is 0.105. The van der Waals surface area contributed by atoms with E-state index in [0.29, 0.717) is 0 Å². The maximum Gasteiger partial charge on any atom is 0.0709 e. The lowest BCUT2D eigenvalue weighted by molar-refractivity contribution is 1.36. The molecule has 1 heteroatoms. The van der Waals surface area contributed by atoms with Crippen molar-refractivity contribution in [3.8, 4) is 0 Å². The fourth-order valence-corrected chi connectivity index (χ4v) is 2.30. The van der Waals surface area contributed by atoms with Crippen molar-refractivity contribution in [3.63, 3.8) is 0 Å². The van der Waals surface area contributed by atoms with Crippen LogP contribution in [0.3, 0.4) is 0 Å². The molecule has 3 aromatic rings. The lowest BCUT2D eigenvalue weighted by Crippen LogP contribution is -1.84.